The maximum absolute atomic E-state index is 11.3. The minimum Gasteiger partial charge on any atom is -0.263 e. The van der Waals surface area contributed by atoms with E-state index in [1.807, 2.05) is 20.1 Å². The molecule has 0 aromatic carbocycles. The predicted molar refractivity (Wildman–Crippen MR) is 60.5 cm³/mol. The van der Waals surface area contributed by atoms with Gasteiger partial charge < -0.3 is 0 Å². The lowest BCUT2D eigenvalue weighted by atomic mass is 10.1. The Morgan fingerprint density at radius 3 is 2.50 bits per heavy atom. The third-order valence-electron chi connectivity index (χ3n) is 1.64. The molecule has 2 nitrogen and oxygen atoms in total. The largest absolute Gasteiger partial charge is 0.263 e. The molecule has 12 heavy (non-hydrogen) atoms. The highest BCUT2D eigenvalue weighted by Gasteiger charge is 2.39. The maximum atomic E-state index is 11.3. The molecule has 0 spiro atoms. The van der Waals surface area contributed by atoms with E-state index in [2.05, 4.69) is 4.99 Å². The van der Waals surface area contributed by atoms with E-state index < -0.39 is 10.8 Å². The molecule has 0 aromatic rings. The second kappa shape index (κ2) is 3.72. The number of nitrogens with zero attached hydrogens (tertiary/aromatic N) is 1. The Kier molecular flexibility index (Phi) is 3.28. The molecule has 1 aliphatic heterocycles. The van der Waals surface area contributed by atoms with Crippen LogP contribution in [0.2, 0.25) is 0 Å². The summed E-state index contributed by atoms with van der Waals surface area (Å²) in [5, 5.41) is 0. The van der Waals surface area contributed by atoms with Gasteiger partial charge in [-0.05, 0) is 20.1 Å². The van der Waals surface area contributed by atoms with Crippen LogP contribution in [0, 0.1) is 0 Å². The van der Waals surface area contributed by atoms with Crippen LogP contribution >= 0.6 is 23.5 Å². The van der Waals surface area contributed by atoms with E-state index >= 15 is 0 Å². The molecule has 0 aliphatic carbocycles. The third-order valence-corrected chi connectivity index (χ3v) is 6.23. The zero-order valence-corrected chi connectivity index (χ0v) is 10.1. The number of hydrogen-bond acceptors (Lipinski definition) is 4. The third kappa shape index (κ3) is 2.06. The van der Waals surface area contributed by atoms with Crippen molar-refractivity contribution in [2.75, 3.05) is 12.5 Å². The molecule has 0 aromatic heterocycles. The predicted octanol–water partition coefficient (Wildman–Crippen LogP) is 1.94. The van der Waals surface area contributed by atoms with Crippen molar-refractivity contribution in [2.24, 2.45) is 4.99 Å². The topological polar surface area (TPSA) is 29.4 Å². The first-order valence-electron chi connectivity index (χ1n) is 3.60. The van der Waals surface area contributed by atoms with Crippen LogP contribution in [-0.2, 0) is 10.8 Å². The Bertz CT molecular complexity index is 237. The van der Waals surface area contributed by atoms with Gasteiger partial charge in [0, 0.05) is 17.1 Å². The summed E-state index contributed by atoms with van der Waals surface area (Å²) in [6.45, 7) is 4.07. The Hall–Kier alpha value is 0.520. The fourth-order valence-corrected chi connectivity index (χ4v) is 4.79. The van der Waals surface area contributed by atoms with Gasteiger partial charge >= 0.3 is 0 Å². The van der Waals surface area contributed by atoms with Gasteiger partial charge in [-0.3, -0.25) is 9.20 Å². The lowest BCUT2D eigenvalue weighted by molar-refractivity contribution is 0.571. The van der Waals surface area contributed by atoms with E-state index in [0.29, 0.717) is 0 Å². The first-order valence-corrected chi connectivity index (χ1v) is 7.32. The normalized spacial score (nSPS) is 30.0. The van der Waals surface area contributed by atoms with Crippen LogP contribution in [0.1, 0.15) is 13.8 Å². The zero-order valence-electron chi connectivity index (χ0n) is 7.66. The van der Waals surface area contributed by atoms with Gasteiger partial charge in [-0.15, -0.1) is 11.8 Å². The number of rotatable bonds is 1. The molecular weight excluding hydrogens is 210 g/mol. The second-order valence-electron chi connectivity index (χ2n) is 3.18. The fourth-order valence-electron chi connectivity index (χ4n) is 1.12. The van der Waals surface area contributed by atoms with Crippen LogP contribution in [0.4, 0.5) is 0 Å². The minimum absolute atomic E-state index is 0.125. The SMILES string of the molecule is CSC1=NC(C)(C)C(S(C)=O)S1. The molecule has 0 amide bonds. The van der Waals surface area contributed by atoms with Crippen LogP contribution in [0.3, 0.4) is 0 Å². The minimum atomic E-state index is -0.798. The highest BCUT2D eigenvalue weighted by Crippen LogP contribution is 2.39. The lowest BCUT2D eigenvalue weighted by Crippen LogP contribution is -2.31. The summed E-state index contributed by atoms with van der Waals surface area (Å²) in [5.41, 5.74) is -0.164. The molecule has 5 heteroatoms. The Balaban J connectivity index is 2.82. The van der Waals surface area contributed by atoms with Gasteiger partial charge in [-0.25, -0.2) is 0 Å². The molecule has 1 rings (SSSR count). The summed E-state index contributed by atoms with van der Waals surface area (Å²) in [6, 6.07) is 0. The van der Waals surface area contributed by atoms with Crippen LogP contribution in [0.15, 0.2) is 4.99 Å². The Morgan fingerprint density at radius 2 is 2.25 bits per heavy atom. The molecule has 0 saturated heterocycles. The van der Waals surface area contributed by atoms with Gasteiger partial charge in [0.1, 0.15) is 8.96 Å². The molecular formula is C7H13NOS3. The van der Waals surface area contributed by atoms with Gasteiger partial charge in [0.25, 0.3) is 0 Å². The highest BCUT2D eigenvalue weighted by atomic mass is 32.2. The molecule has 2 unspecified atom stereocenters. The van der Waals surface area contributed by atoms with E-state index in [-0.39, 0.29) is 10.1 Å². The summed E-state index contributed by atoms with van der Waals surface area (Å²) in [4.78, 5) is 4.49. The molecule has 0 saturated carbocycles. The monoisotopic (exact) mass is 223 g/mol. The first kappa shape index (κ1) is 10.6. The van der Waals surface area contributed by atoms with Crippen molar-refractivity contribution in [3.8, 4) is 0 Å². The van der Waals surface area contributed by atoms with Gasteiger partial charge in [0.15, 0.2) is 0 Å². The Labute approximate surface area is 84.4 Å². The van der Waals surface area contributed by atoms with E-state index in [4.69, 9.17) is 0 Å². The molecule has 2 atom stereocenters. The number of aliphatic imine (C=N–C) groups is 1. The van der Waals surface area contributed by atoms with Crippen LogP contribution in [0.25, 0.3) is 0 Å². The standard InChI is InChI=1S/C7H13NOS3/c1-7(2)5(12(4)9)11-6(8-7)10-3/h5H,1-4H3. The summed E-state index contributed by atoms with van der Waals surface area (Å²) < 4.78 is 12.5. The summed E-state index contributed by atoms with van der Waals surface area (Å²) >= 11 is 3.27. The van der Waals surface area contributed by atoms with Crippen LogP contribution < -0.4 is 0 Å². The Morgan fingerprint density at radius 1 is 1.67 bits per heavy atom. The maximum Gasteiger partial charge on any atom is 0.126 e. The molecule has 1 aliphatic rings. The van der Waals surface area contributed by atoms with E-state index in [0.717, 1.165) is 4.38 Å². The average molecular weight is 223 g/mol. The summed E-state index contributed by atoms with van der Waals surface area (Å²) in [6.07, 6.45) is 3.75. The molecule has 1 heterocycles. The summed E-state index contributed by atoms with van der Waals surface area (Å²) in [7, 11) is -0.798. The van der Waals surface area contributed by atoms with Gasteiger partial charge in [0.2, 0.25) is 0 Å². The van der Waals surface area contributed by atoms with Crippen LogP contribution in [-0.4, -0.2) is 31.2 Å². The van der Waals surface area contributed by atoms with Gasteiger partial charge in [-0.2, -0.15) is 0 Å². The van der Waals surface area contributed by atoms with Crippen molar-refractivity contribution in [3.05, 3.63) is 0 Å². The molecule has 0 bridgehead atoms. The number of thioether (sulfide) groups is 2. The quantitative estimate of drug-likeness (QED) is 0.680. The van der Waals surface area contributed by atoms with Crippen molar-refractivity contribution >= 4 is 38.7 Å². The fraction of sp³-hybridized carbons (Fsp3) is 0.857. The van der Waals surface area contributed by atoms with Crippen molar-refractivity contribution in [2.45, 2.75) is 24.0 Å². The van der Waals surface area contributed by atoms with Gasteiger partial charge in [0.05, 0.1) is 5.54 Å². The van der Waals surface area contributed by atoms with E-state index in [1.165, 1.54) is 0 Å². The van der Waals surface area contributed by atoms with Crippen molar-refractivity contribution in [1.29, 1.82) is 0 Å². The first-order chi connectivity index (χ1) is 5.47. The summed E-state index contributed by atoms with van der Waals surface area (Å²) in [5.74, 6) is 0. The van der Waals surface area contributed by atoms with Crippen molar-refractivity contribution in [1.82, 2.24) is 0 Å². The van der Waals surface area contributed by atoms with Crippen molar-refractivity contribution < 1.29 is 4.21 Å². The number of hydrogen-bond donors (Lipinski definition) is 0. The van der Waals surface area contributed by atoms with E-state index in [1.54, 1.807) is 29.8 Å². The van der Waals surface area contributed by atoms with Gasteiger partial charge in [-0.1, -0.05) is 11.8 Å². The lowest BCUT2D eigenvalue weighted by Gasteiger charge is -2.20. The van der Waals surface area contributed by atoms with Crippen molar-refractivity contribution in [3.63, 3.8) is 0 Å². The highest BCUT2D eigenvalue weighted by molar-refractivity contribution is 8.41. The molecule has 0 N–H and O–H groups in total. The second-order valence-corrected chi connectivity index (χ2v) is 7.10. The molecule has 70 valence electrons. The van der Waals surface area contributed by atoms with Crippen LogP contribution in [0.5, 0.6) is 0 Å². The smallest absolute Gasteiger partial charge is 0.126 e. The average Bonchev–Trinajstić information content (AvgIpc) is 2.25. The molecule has 0 radical (unpaired) electrons. The molecule has 0 fully saturated rings. The zero-order chi connectivity index (χ0) is 9.35. The van der Waals surface area contributed by atoms with E-state index in [9.17, 15) is 4.21 Å².